The Bertz CT molecular complexity index is 190. The van der Waals surface area contributed by atoms with Gasteiger partial charge in [0, 0.05) is 6.54 Å². The van der Waals surface area contributed by atoms with E-state index in [4.69, 9.17) is 27.2 Å². The summed E-state index contributed by atoms with van der Waals surface area (Å²) in [6, 6.07) is 0. The van der Waals surface area contributed by atoms with Gasteiger partial charge in [0.15, 0.2) is 0 Å². The van der Waals surface area contributed by atoms with Crippen molar-refractivity contribution in [3.63, 3.8) is 0 Å². The third kappa shape index (κ3) is 22.6. The molecule has 0 spiro atoms. The summed E-state index contributed by atoms with van der Waals surface area (Å²) in [6.07, 6.45) is 0. The van der Waals surface area contributed by atoms with Crippen molar-refractivity contribution in [1.29, 1.82) is 0 Å². The molecule has 0 aromatic rings. The Hall–Kier alpha value is -0.250. The van der Waals surface area contributed by atoms with Crippen LogP contribution in [0.4, 0.5) is 0 Å². The minimum Gasteiger partial charge on any atom is -0.274 e. The maximum Gasteiger partial charge on any atom is 0.394 e. The number of hydrogen-bond acceptors (Lipinski definition) is 5. The SMILES string of the molecule is CCON(CC)OCC.O=S(=O)(O)O. The molecule has 0 aliphatic carbocycles. The van der Waals surface area contributed by atoms with E-state index in [1.165, 1.54) is 5.23 Å². The highest BCUT2D eigenvalue weighted by Gasteiger charge is 1.96. The molecule has 0 rings (SSSR count). The molecular formula is C6H17NO6S. The van der Waals surface area contributed by atoms with Gasteiger partial charge in [-0.2, -0.15) is 8.42 Å². The Labute approximate surface area is 84.1 Å². The molecule has 0 saturated heterocycles. The predicted molar refractivity (Wildman–Crippen MR) is 49.8 cm³/mol. The van der Waals surface area contributed by atoms with Crippen LogP contribution in [0.15, 0.2) is 0 Å². The Morgan fingerprint density at radius 1 is 1.07 bits per heavy atom. The van der Waals surface area contributed by atoms with Crippen molar-refractivity contribution in [2.75, 3.05) is 19.8 Å². The van der Waals surface area contributed by atoms with Crippen molar-refractivity contribution < 1.29 is 27.2 Å². The van der Waals surface area contributed by atoms with E-state index >= 15 is 0 Å². The van der Waals surface area contributed by atoms with Crippen LogP contribution in [0.1, 0.15) is 20.8 Å². The molecule has 2 N–H and O–H groups in total. The number of hydroxylamine groups is 2. The van der Waals surface area contributed by atoms with Crippen molar-refractivity contribution in [2.24, 2.45) is 0 Å². The standard InChI is InChI=1S/C6H15NO2.H2O4S/c1-4-7(8-5-2)9-6-3;1-5(2,3)4/h4-6H2,1-3H3;(H2,1,2,3,4). The van der Waals surface area contributed by atoms with Crippen molar-refractivity contribution in [2.45, 2.75) is 20.8 Å². The zero-order valence-electron chi connectivity index (χ0n) is 8.50. The quantitative estimate of drug-likeness (QED) is 0.527. The van der Waals surface area contributed by atoms with Crippen molar-refractivity contribution >= 4 is 10.4 Å². The monoisotopic (exact) mass is 231 g/mol. The molecule has 0 radical (unpaired) electrons. The number of nitrogens with zero attached hydrogens (tertiary/aromatic N) is 1. The van der Waals surface area contributed by atoms with E-state index in [1.807, 2.05) is 20.8 Å². The lowest BCUT2D eigenvalue weighted by atomic mass is 10.8. The molecule has 0 aliphatic rings. The Balaban J connectivity index is 0. The van der Waals surface area contributed by atoms with E-state index < -0.39 is 10.4 Å². The zero-order valence-corrected chi connectivity index (χ0v) is 9.32. The first kappa shape index (κ1) is 16.2. The summed E-state index contributed by atoms with van der Waals surface area (Å²) in [7, 11) is -4.67. The molecule has 0 atom stereocenters. The van der Waals surface area contributed by atoms with Crippen LogP contribution in [0.2, 0.25) is 0 Å². The van der Waals surface area contributed by atoms with Crippen LogP contribution in [0.3, 0.4) is 0 Å². The second kappa shape index (κ2) is 9.31. The van der Waals surface area contributed by atoms with Gasteiger partial charge in [0.1, 0.15) is 0 Å². The summed E-state index contributed by atoms with van der Waals surface area (Å²) >= 11 is 0. The van der Waals surface area contributed by atoms with E-state index in [9.17, 15) is 0 Å². The highest BCUT2D eigenvalue weighted by Crippen LogP contribution is 1.89. The molecule has 0 unspecified atom stereocenters. The van der Waals surface area contributed by atoms with Crippen molar-refractivity contribution in [1.82, 2.24) is 5.23 Å². The third-order valence-electron chi connectivity index (χ3n) is 0.804. The average Bonchev–Trinajstić information content (AvgIpc) is 2.01. The summed E-state index contributed by atoms with van der Waals surface area (Å²) in [4.78, 5) is 10.1. The fourth-order valence-corrected chi connectivity index (χ4v) is 0.508. The molecule has 0 aromatic carbocycles. The van der Waals surface area contributed by atoms with Gasteiger partial charge >= 0.3 is 10.4 Å². The lowest BCUT2D eigenvalue weighted by Gasteiger charge is -2.16. The normalized spacial score (nSPS) is 11.0. The fourth-order valence-electron chi connectivity index (χ4n) is 0.508. The smallest absolute Gasteiger partial charge is 0.274 e. The average molecular weight is 231 g/mol. The molecule has 0 bridgehead atoms. The number of rotatable bonds is 5. The number of hydrogen-bond donors (Lipinski definition) is 2. The molecule has 8 heteroatoms. The van der Waals surface area contributed by atoms with E-state index in [1.54, 1.807) is 0 Å². The first-order valence-electron chi connectivity index (χ1n) is 4.08. The minimum absolute atomic E-state index is 0.661. The summed E-state index contributed by atoms with van der Waals surface area (Å²) in [5.41, 5.74) is 0. The summed E-state index contributed by atoms with van der Waals surface area (Å²) in [6.45, 7) is 7.93. The van der Waals surface area contributed by atoms with Gasteiger partial charge in [0.2, 0.25) is 0 Å². The van der Waals surface area contributed by atoms with Gasteiger partial charge in [-0.15, -0.1) is 0 Å². The van der Waals surface area contributed by atoms with Gasteiger partial charge in [-0.05, 0) is 20.8 Å². The molecule has 0 fully saturated rings. The molecule has 0 saturated carbocycles. The van der Waals surface area contributed by atoms with Gasteiger partial charge in [0.05, 0.1) is 13.2 Å². The molecular weight excluding hydrogens is 214 g/mol. The van der Waals surface area contributed by atoms with E-state index in [-0.39, 0.29) is 0 Å². The van der Waals surface area contributed by atoms with E-state index in [0.29, 0.717) is 13.2 Å². The van der Waals surface area contributed by atoms with Crippen LogP contribution in [0, 0.1) is 0 Å². The highest BCUT2D eigenvalue weighted by molar-refractivity contribution is 7.79. The zero-order chi connectivity index (χ0) is 11.6. The molecule has 0 heterocycles. The Morgan fingerprint density at radius 2 is 1.36 bits per heavy atom. The van der Waals surface area contributed by atoms with Crippen LogP contribution in [-0.4, -0.2) is 42.5 Å². The van der Waals surface area contributed by atoms with Crippen LogP contribution in [-0.2, 0) is 20.1 Å². The maximum atomic E-state index is 8.74. The first-order valence-corrected chi connectivity index (χ1v) is 5.48. The summed E-state index contributed by atoms with van der Waals surface area (Å²) in [5, 5.41) is 1.49. The Kier molecular flexibility index (Phi) is 10.8. The largest absolute Gasteiger partial charge is 0.394 e. The lowest BCUT2D eigenvalue weighted by molar-refractivity contribution is -0.362. The second-order valence-corrected chi connectivity index (χ2v) is 2.83. The summed E-state index contributed by atoms with van der Waals surface area (Å²) < 4.78 is 31.6. The summed E-state index contributed by atoms with van der Waals surface area (Å²) in [5.74, 6) is 0. The van der Waals surface area contributed by atoms with E-state index in [0.717, 1.165) is 6.54 Å². The third-order valence-corrected chi connectivity index (χ3v) is 0.804. The molecule has 0 aliphatic heterocycles. The lowest BCUT2D eigenvalue weighted by Crippen LogP contribution is -2.23. The topological polar surface area (TPSA) is 96.3 Å². The van der Waals surface area contributed by atoms with Gasteiger partial charge in [-0.1, -0.05) is 5.23 Å². The molecule has 0 amide bonds. The maximum absolute atomic E-state index is 8.74. The van der Waals surface area contributed by atoms with Gasteiger partial charge in [-0.25, -0.2) is 0 Å². The van der Waals surface area contributed by atoms with Gasteiger partial charge < -0.3 is 0 Å². The molecule has 7 nitrogen and oxygen atoms in total. The van der Waals surface area contributed by atoms with Gasteiger partial charge in [0.25, 0.3) is 0 Å². The molecule has 88 valence electrons. The molecule has 14 heavy (non-hydrogen) atoms. The second-order valence-electron chi connectivity index (χ2n) is 1.93. The van der Waals surface area contributed by atoms with Crippen LogP contribution < -0.4 is 0 Å². The molecule has 0 aromatic heterocycles. The first-order chi connectivity index (χ1) is 6.35. The Morgan fingerprint density at radius 3 is 1.50 bits per heavy atom. The van der Waals surface area contributed by atoms with Crippen LogP contribution in [0.5, 0.6) is 0 Å². The fraction of sp³-hybridized carbons (Fsp3) is 1.00. The van der Waals surface area contributed by atoms with E-state index in [2.05, 4.69) is 0 Å². The highest BCUT2D eigenvalue weighted by atomic mass is 32.3. The van der Waals surface area contributed by atoms with Crippen molar-refractivity contribution in [3.8, 4) is 0 Å². The van der Waals surface area contributed by atoms with Crippen LogP contribution >= 0.6 is 0 Å². The predicted octanol–water partition coefficient (Wildman–Crippen LogP) is 0.559. The van der Waals surface area contributed by atoms with Crippen LogP contribution in [0.25, 0.3) is 0 Å². The minimum atomic E-state index is -4.67. The van der Waals surface area contributed by atoms with Gasteiger partial charge in [-0.3, -0.25) is 18.8 Å². The van der Waals surface area contributed by atoms with Crippen molar-refractivity contribution in [3.05, 3.63) is 0 Å².